The Kier molecular flexibility index (Phi) is 4.60. The molecule has 4 nitrogen and oxygen atoms in total. The molecule has 27 heavy (non-hydrogen) atoms. The molecule has 2 aromatic carbocycles. The van der Waals surface area contributed by atoms with Crippen molar-refractivity contribution in [3.63, 3.8) is 0 Å². The average Bonchev–Trinajstić information content (AvgIpc) is 3.04. The van der Waals surface area contributed by atoms with Gasteiger partial charge < -0.3 is 14.2 Å². The number of ether oxygens (including phenoxy) is 1. The fourth-order valence-corrected chi connectivity index (χ4v) is 4.00. The smallest absolute Gasteiger partial charge is 0.271 e. The molecule has 1 unspecified atom stereocenters. The maximum Gasteiger partial charge on any atom is 0.271 e. The van der Waals surface area contributed by atoms with Gasteiger partial charge in [0.05, 0.1) is 18.7 Å². The van der Waals surface area contributed by atoms with Crippen molar-refractivity contribution in [2.24, 2.45) is 7.05 Å². The van der Waals surface area contributed by atoms with E-state index >= 15 is 0 Å². The van der Waals surface area contributed by atoms with E-state index in [1.165, 1.54) is 12.1 Å². The van der Waals surface area contributed by atoms with Crippen LogP contribution in [-0.2, 0) is 7.05 Å². The van der Waals surface area contributed by atoms with E-state index < -0.39 is 0 Å². The van der Waals surface area contributed by atoms with Crippen LogP contribution in [-0.4, -0.2) is 29.0 Å². The van der Waals surface area contributed by atoms with Gasteiger partial charge in [-0.3, -0.25) is 4.79 Å². The predicted octanol–water partition coefficient (Wildman–Crippen LogP) is 4.69. The van der Waals surface area contributed by atoms with Crippen LogP contribution < -0.4 is 4.74 Å². The molecule has 4 rings (SSSR count). The van der Waals surface area contributed by atoms with Gasteiger partial charge in [-0.2, -0.15) is 0 Å². The zero-order valence-electron chi connectivity index (χ0n) is 15.6. The Morgan fingerprint density at radius 1 is 1.11 bits per heavy atom. The molecule has 1 amide bonds. The summed E-state index contributed by atoms with van der Waals surface area (Å²) in [6.07, 6.45) is 2.95. The van der Waals surface area contributed by atoms with Crippen LogP contribution in [0.1, 0.15) is 41.4 Å². The van der Waals surface area contributed by atoms with Crippen molar-refractivity contribution >= 4 is 16.8 Å². The largest absolute Gasteiger partial charge is 0.497 e. The number of amides is 1. The molecule has 1 aromatic heterocycles. The lowest BCUT2D eigenvalue weighted by Gasteiger charge is -2.36. The highest BCUT2D eigenvalue weighted by atomic mass is 19.1. The quantitative estimate of drug-likeness (QED) is 0.674. The number of carbonyl (C=O) groups is 1. The molecule has 2 heterocycles. The summed E-state index contributed by atoms with van der Waals surface area (Å²) in [5.41, 5.74) is 2.62. The van der Waals surface area contributed by atoms with Gasteiger partial charge in [-0.05, 0) is 55.2 Å². The minimum absolute atomic E-state index is 0.0144. The van der Waals surface area contributed by atoms with Crippen LogP contribution in [0.3, 0.4) is 0 Å². The topological polar surface area (TPSA) is 34.5 Å². The van der Waals surface area contributed by atoms with Gasteiger partial charge in [0, 0.05) is 25.0 Å². The summed E-state index contributed by atoms with van der Waals surface area (Å²) in [7, 11) is 3.54. The number of piperidine rings is 1. The zero-order valence-corrected chi connectivity index (χ0v) is 15.6. The van der Waals surface area contributed by atoms with Crippen molar-refractivity contribution in [2.75, 3.05) is 13.7 Å². The summed E-state index contributed by atoms with van der Waals surface area (Å²) in [5.74, 6) is 0.529. The lowest BCUT2D eigenvalue weighted by atomic mass is 9.95. The molecule has 0 spiro atoms. The summed E-state index contributed by atoms with van der Waals surface area (Å²) < 4.78 is 20.5. The average molecular weight is 366 g/mol. The van der Waals surface area contributed by atoms with Crippen LogP contribution in [0.15, 0.2) is 48.5 Å². The number of carbonyl (C=O) groups excluding carboxylic acids is 1. The highest BCUT2D eigenvalue weighted by Gasteiger charge is 2.30. The molecule has 3 aromatic rings. The highest BCUT2D eigenvalue weighted by Crippen LogP contribution is 2.33. The van der Waals surface area contributed by atoms with Crippen LogP contribution in [0.5, 0.6) is 5.75 Å². The van der Waals surface area contributed by atoms with Crippen molar-refractivity contribution in [1.29, 1.82) is 0 Å². The third-order valence-electron chi connectivity index (χ3n) is 5.49. The number of benzene rings is 2. The van der Waals surface area contributed by atoms with Gasteiger partial charge in [0.2, 0.25) is 0 Å². The number of nitrogens with zero attached hydrogens (tertiary/aromatic N) is 2. The Labute approximate surface area is 158 Å². The summed E-state index contributed by atoms with van der Waals surface area (Å²) in [4.78, 5) is 15.3. The first-order valence-corrected chi connectivity index (χ1v) is 9.28. The fourth-order valence-electron chi connectivity index (χ4n) is 4.00. The SMILES string of the molecule is COc1ccc2cc(C(=O)N3CCCCC3c3ccc(F)cc3)n(C)c2c1. The second-order valence-corrected chi connectivity index (χ2v) is 7.08. The van der Waals surface area contributed by atoms with E-state index in [-0.39, 0.29) is 17.8 Å². The molecule has 0 aliphatic carbocycles. The van der Waals surface area contributed by atoms with Gasteiger partial charge in [0.15, 0.2) is 0 Å². The first kappa shape index (κ1) is 17.6. The molecule has 1 aliphatic heterocycles. The summed E-state index contributed by atoms with van der Waals surface area (Å²) >= 11 is 0. The van der Waals surface area contributed by atoms with Gasteiger partial charge in [-0.15, -0.1) is 0 Å². The van der Waals surface area contributed by atoms with E-state index in [9.17, 15) is 9.18 Å². The maximum atomic E-state index is 13.4. The number of hydrogen-bond donors (Lipinski definition) is 0. The number of rotatable bonds is 3. The number of hydrogen-bond acceptors (Lipinski definition) is 2. The van der Waals surface area contributed by atoms with Gasteiger partial charge in [0.1, 0.15) is 17.3 Å². The van der Waals surface area contributed by atoms with E-state index in [1.807, 2.05) is 40.8 Å². The molecule has 1 fully saturated rings. The van der Waals surface area contributed by atoms with Crippen molar-refractivity contribution in [3.8, 4) is 5.75 Å². The fraction of sp³-hybridized carbons (Fsp3) is 0.318. The number of aryl methyl sites for hydroxylation is 1. The van der Waals surface area contributed by atoms with E-state index in [2.05, 4.69) is 0 Å². The molecule has 0 radical (unpaired) electrons. The van der Waals surface area contributed by atoms with Crippen LogP contribution in [0, 0.1) is 5.82 Å². The van der Waals surface area contributed by atoms with Crippen molar-refractivity contribution < 1.29 is 13.9 Å². The Hall–Kier alpha value is -2.82. The Morgan fingerprint density at radius 2 is 1.89 bits per heavy atom. The molecule has 1 saturated heterocycles. The summed E-state index contributed by atoms with van der Waals surface area (Å²) in [6.45, 7) is 0.714. The van der Waals surface area contributed by atoms with Crippen molar-refractivity contribution in [1.82, 2.24) is 9.47 Å². The first-order chi connectivity index (χ1) is 13.1. The maximum absolute atomic E-state index is 13.4. The third kappa shape index (κ3) is 3.18. The number of methoxy groups -OCH3 is 1. The molecule has 1 aliphatic rings. The molecule has 5 heteroatoms. The predicted molar refractivity (Wildman–Crippen MR) is 103 cm³/mol. The Morgan fingerprint density at radius 3 is 2.63 bits per heavy atom. The Bertz CT molecular complexity index is 978. The normalized spacial score (nSPS) is 17.3. The molecule has 0 N–H and O–H groups in total. The van der Waals surface area contributed by atoms with Gasteiger partial charge >= 0.3 is 0 Å². The molecule has 0 bridgehead atoms. The first-order valence-electron chi connectivity index (χ1n) is 9.28. The van der Waals surface area contributed by atoms with Crippen molar-refractivity contribution in [3.05, 3.63) is 65.6 Å². The number of halogens is 1. The molecular formula is C22H23FN2O2. The molecule has 0 saturated carbocycles. The van der Waals surface area contributed by atoms with Gasteiger partial charge in [-0.1, -0.05) is 12.1 Å². The number of likely N-dealkylation sites (tertiary alicyclic amines) is 1. The van der Waals surface area contributed by atoms with Crippen LogP contribution in [0.2, 0.25) is 0 Å². The molecule has 1 atom stereocenters. The van der Waals surface area contributed by atoms with E-state index in [1.54, 1.807) is 19.2 Å². The summed E-state index contributed by atoms with van der Waals surface area (Å²) in [6, 6.07) is 14.3. The number of fused-ring (bicyclic) bond motifs is 1. The highest BCUT2D eigenvalue weighted by molar-refractivity contribution is 5.99. The van der Waals surface area contributed by atoms with E-state index in [0.29, 0.717) is 12.2 Å². The van der Waals surface area contributed by atoms with Crippen LogP contribution in [0.4, 0.5) is 4.39 Å². The Balaban J connectivity index is 1.70. The molecular weight excluding hydrogens is 343 g/mol. The standard InChI is InChI=1S/C22H23FN2O2/c1-24-20-14-18(27-2)11-8-16(20)13-21(24)22(26)25-12-4-3-5-19(25)15-6-9-17(23)10-7-15/h6-11,13-14,19H,3-5,12H2,1-2H3. The second-order valence-electron chi connectivity index (χ2n) is 7.08. The lowest BCUT2D eigenvalue weighted by molar-refractivity contribution is 0.0602. The van der Waals surface area contributed by atoms with Crippen LogP contribution in [0.25, 0.3) is 10.9 Å². The second kappa shape index (κ2) is 7.06. The van der Waals surface area contributed by atoms with Gasteiger partial charge in [0.25, 0.3) is 5.91 Å². The summed E-state index contributed by atoms with van der Waals surface area (Å²) in [5, 5.41) is 1.01. The van der Waals surface area contributed by atoms with Crippen LogP contribution >= 0.6 is 0 Å². The minimum atomic E-state index is -0.255. The van der Waals surface area contributed by atoms with E-state index in [0.717, 1.165) is 41.5 Å². The minimum Gasteiger partial charge on any atom is -0.497 e. The zero-order chi connectivity index (χ0) is 19.0. The van der Waals surface area contributed by atoms with Gasteiger partial charge in [-0.25, -0.2) is 4.39 Å². The van der Waals surface area contributed by atoms with E-state index in [4.69, 9.17) is 4.74 Å². The monoisotopic (exact) mass is 366 g/mol. The molecule has 140 valence electrons. The number of aromatic nitrogens is 1. The van der Waals surface area contributed by atoms with Crippen molar-refractivity contribution in [2.45, 2.75) is 25.3 Å². The third-order valence-corrected chi connectivity index (χ3v) is 5.49. The lowest BCUT2D eigenvalue weighted by Crippen LogP contribution is -2.39.